The van der Waals surface area contributed by atoms with Crippen LogP contribution in [-0.4, -0.2) is 43.5 Å². The molecule has 0 saturated heterocycles. The Bertz CT molecular complexity index is 1410. The van der Waals surface area contributed by atoms with Gasteiger partial charge in [0.05, 0.1) is 21.3 Å². The molecular weight excluding hydrogens is 475 g/mol. The van der Waals surface area contributed by atoms with E-state index in [9.17, 15) is 14.3 Å². The second-order valence-corrected chi connectivity index (χ2v) is 8.79. The van der Waals surface area contributed by atoms with Gasteiger partial charge in [-0.3, -0.25) is 0 Å². The molecule has 0 unspecified atom stereocenters. The van der Waals surface area contributed by atoms with Crippen molar-refractivity contribution in [3.05, 3.63) is 88.4 Å². The normalized spacial score (nSPS) is 11.1. The minimum Gasteiger partial charge on any atom is -0.493 e. The molecule has 4 rings (SSSR count). The number of hydrogen-bond donors (Lipinski definition) is 2. The van der Waals surface area contributed by atoms with Gasteiger partial charge >= 0.3 is 5.97 Å². The number of nitrogens with zero attached hydrogens (tertiary/aromatic N) is 1. The summed E-state index contributed by atoms with van der Waals surface area (Å²) in [7, 11) is 4.73. The number of carboxylic acids is 1. The summed E-state index contributed by atoms with van der Waals surface area (Å²) in [6, 6.07) is 15.8. The third kappa shape index (κ3) is 5.39. The lowest BCUT2D eigenvalue weighted by atomic mass is 10.1. The molecule has 0 amide bonds. The molecule has 0 radical (unpaired) electrons. The molecule has 8 heteroatoms. The van der Waals surface area contributed by atoms with Crippen LogP contribution in [0.3, 0.4) is 0 Å². The van der Waals surface area contributed by atoms with E-state index in [1.165, 1.54) is 12.1 Å². The number of halogens is 1. The van der Waals surface area contributed by atoms with Gasteiger partial charge in [-0.25, -0.2) is 9.18 Å². The van der Waals surface area contributed by atoms with Crippen molar-refractivity contribution >= 4 is 16.9 Å². The third-order valence-electron chi connectivity index (χ3n) is 6.44. The van der Waals surface area contributed by atoms with Gasteiger partial charge in [-0.05, 0) is 60.8 Å². The topological polar surface area (TPSA) is 82.0 Å². The molecule has 7 nitrogen and oxygen atoms in total. The third-order valence-corrected chi connectivity index (χ3v) is 6.44. The predicted molar refractivity (Wildman–Crippen MR) is 141 cm³/mol. The first-order valence-corrected chi connectivity index (χ1v) is 12.0. The van der Waals surface area contributed by atoms with Gasteiger partial charge in [-0.15, -0.1) is 0 Å². The molecule has 4 aromatic rings. The number of fused-ring (bicyclic) bond motifs is 1. The number of rotatable bonds is 11. The highest BCUT2D eigenvalue weighted by Crippen LogP contribution is 2.39. The van der Waals surface area contributed by atoms with Crippen molar-refractivity contribution in [2.75, 3.05) is 27.9 Å². The number of carbonyl (C=O) groups is 1. The molecule has 0 spiro atoms. The number of carboxylic acid groups (broad SMARTS) is 1. The number of ether oxygens (including phenoxy) is 3. The van der Waals surface area contributed by atoms with Crippen LogP contribution in [0.4, 0.5) is 4.39 Å². The summed E-state index contributed by atoms with van der Waals surface area (Å²) in [6.07, 6.45) is 0.638. The molecule has 2 N–H and O–H groups in total. The summed E-state index contributed by atoms with van der Waals surface area (Å²) in [5, 5.41) is 14.5. The van der Waals surface area contributed by atoms with Crippen molar-refractivity contribution in [2.45, 2.75) is 26.4 Å². The van der Waals surface area contributed by atoms with Crippen LogP contribution in [0.1, 0.15) is 32.7 Å². The van der Waals surface area contributed by atoms with Crippen molar-refractivity contribution in [3.63, 3.8) is 0 Å². The van der Waals surface area contributed by atoms with Crippen molar-refractivity contribution in [3.8, 4) is 17.2 Å². The summed E-state index contributed by atoms with van der Waals surface area (Å²) in [4.78, 5) is 12.5. The van der Waals surface area contributed by atoms with Gasteiger partial charge in [0, 0.05) is 29.6 Å². The Balaban J connectivity index is 1.61. The van der Waals surface area contributed by atoms with Gasteiger partial charge in [0.15, 0.2) is 11.5 Å². The molecule has 0 aliphatic carbocycles. The molecule has 0 bridgehead atoms. The van der Waals surface area contributed by atoms with Crippen LogP contribution in [0.2, 0.25) is 0 Å². The summed E-state index contributed by atoms with van der Waals surface area (Å²) in [5.74, 6) is 0.406. The number of nitrogens with one attached hydrogen (secondary N) is 1. The molecule has 0 fully saturated rings. The Morgan fingerprint density at radius 1 is 0.973 bits per heavy atom. The fraction of sp³-hybridized carbons (Fsp3) is 0.276. The molecule has 3 aromatic carbocycles. The Morgan fingerprint density at radius 2 is 1.70 bits per heavy atom. The summed E-state index contributed by atoms with van der Waals surface area (Å²) < 4.78 is 31.6. The quantitative estimate of drug-likeness (QED) is 0.273. The molecule has 0 atom stereocenters. The Labute approximate surface area is 215 Å². The van der Waals surface area contributed by atoms with E-state index in [0.717, 1.165) is 27.6 Å². The monoisotopic (exact) mass is 506 g/mol. The smallest absolute Gasteiger partial charge is 0.352 e. The maximum Gasteiger partial charge on any atom is 0.352 e. The van der Waals surface area contributed by atoms with E-state index < -0.39 is 5.97 Å². The lowest BCUT2D eigenvalue weighted by Crippen LogP contribution is -2.20. The zero-order chi connectivity index (χ0) is 26.5. The lowest BCUT2D eigenvalue weighted by molar-refractivity contribution is 0.0684. The fourth-order valence-electron chi connectivity index (χ4n) is 4.69. The molecule has 1 aromatic heterocycles. The second kappa shape index (κ2) is 11.3. The van der Waals surface area contributed by atoms with E-state index >= 15 is 0 Å². The zero-order valence-electron chi connectivity index (χ0n) is 21.4. The fourth-order valence-corrected chi connectivity index (χ4v) is 4.69. The van der Waals surface area contributed by atoms with E-state index in [1.54, 1.807) is 38.0 Å². The van der Waals surface area contributed by atoms with Crippen molar-refractivity contribution in [2.24, 2.45) is 0 Å². The maximum atomic E-state index is 13.4. The average molecular weight is 507 g/mol. The number of methoxy groups -OCH3 is 3. The predicted octanol–water partition coefficient (Wildman–Crippen LogP) is 5.19. The van der Waals surface area contributed by atoms with Crippen LogP contribution in [0, 0.1) is 12.7 Å². The first kappa shape index (κ1) is 26.0. The first-order chi connectivity index (χ1) is 17.9. The van der Waals surface area contributed by atoms with Crippen molar-refractivity contribution in [1.82, 2.24) is 9.88 Å². The van der Waals surface area contributed by atoms with Crippen LogP contribution in [0.25, 0.3) is 10.9 Å². The average Bonchev–Trinajstić information content (AvgIpc) is 3.19. The SMILES string of the molecule is COc1ccc(CCNCc2c(C(=O)O)n(Cc3ccc(F)cc3)c3cc(C)ccc23)c(OC)c1OC. The van der Waals surface area contributed by atoms with Crippen molar-refractivity contribution in [1.29, 1.82) is 0 Å². The molecular formula is C29H31FN2O5. The summed E-state index contributed by atoms with van der Waals surface area (Å²) in [6.45, 7) is 3.25. The standard InChI is InChI=1S/C29H31FN2O5/c1-18-5-11-22-23(16-31-14-13-20-8-12-25(35-2)28(37-4)27(20)36-3)26(29(33)34)32(24(22)15-18)17-19-6-9-21(30)10-7-19/h5-12,15,31H,13-14,16-17H2,1-4H3,(H,33,34). The van der Waals surface area contributed by atoms with Gasteiger partial charge in [0.25, 0.3) is 0 Å². The van der Waals surface area contributed by atoms with Gasteiger partial charge in [-0.1, -0.05) is 30.3 Å². The van der Waals surface area contributed by atoms with E-state index in [0.29, 0.717) is 48.9 Å². The van der Waals surface area contributed by atoms with Crippen LogP contribution >= 0.6 is 0 Å². The van der Waals surface area contributed by atoms with Crippen molar-refractivity contribution < 1.29 is 28.5 Å². The zero-order valence-corrected chi connectivity index (χ0v) is 21.4. The minimum absolute atomic E-state index is 0.223. The number of aryl methyl sites for hydroxylation is 1. The minimum atomic E-state index is -1.01. The van der Waals surface area contributed by atoms with Crippen LogP contribution < -0.4 is 19.5 Å². The van der Waals surface area contributed by atoms with E-state index in [2.05, 4.69) is 5.32 Å². The van der Waals surface area contributed by atoms with E-state index in [-0.39, 0.29) is 11.5 Å². The van der Waals surface area contributed by atoms with Crippen LogP contribution in [0.5, 0.6) is 17.2 Å². The number of aromatic nitrogens is 1. The van der Waals surface area contributed by atoms with E-state index in [4.69, 9.17) is 14.2 Å². The maximum absolute atomic E-state index is 13.4. The van der Waals surface area contributed by atoms with Gasteiger partial charge in [0.2, 0.25) is 5.75 Å². The first-order valence-electron chi connectivity index (χ1n) is 12.0. The Hall–Kier alpha value is -4.04. The number of benzene rings is 3. The largest absolute Gasteiger partial charge is 0.493 e. The summed E-state index contributed by atoms with van der Waals surface area (Å²) in [5.41, 5.74) is 4.57. The highest BCUT2D eigenvalue weighted by Gasteiger charge is 2.23. The van der Waals surface area contributed by atoms with Gasteiger partial charge < -0.3 is 29.2 Å². The highest BCUT2D eigenvalue weighted by atomic mass is 19.1. The molecule has 37 heavy (non-hydrogen) atoms. The molecule has 1 heterocycles. The van der Waals surface area contributed by atoms with Gasteiger partial charge in [-0.2, -0.15) is 0 Å². The lowest BCUT2D eigenvalue weighted by Gasteiger charge is -2.16. The van der Waals surface area contributed by atoms with Crippen LogP contribution in [-0.2, 0) is 19.5 Å². The Morgan fingerprint density at radius 3 is 2.35 bits per heavy atom. The number of aromatic carboxylic acids is 1. The van der Waals surface area contributed by atoms with Gasteiger partial charge in [0.1, 0.15) is 11.5 Å². The Kier molecular flexibility index (Phi) is 7.98. The van der Waals surface area contributed by atoms with Crippen LogP contribution in [0.15, 0.2) is 54.6 Å². The highest BCUT2D eigenvalue weighted by molar-refractivity contribution is 5.98. The van der Waals surface area contributed by atoms with E-state index in [1.807, 2.05) is 37.3 Å². The molecule has 0 aliphatic heterocycles. The number of hydrogen-bond acceptors (Lipinski definition) is 5. The summed E-state index contributed by atoms with van der Waals surface area (Å²) >= 11 is 0. The second-order valence-electron chi connectivity index (χ2n) is 8.79. The molecule has 194 valence electrons. The molecule has 0 saturated carbocycles. The molecule has 0 aliphatic rings.